The number of likely N-dealkylation sites (tertiary alicyclic amines) is 1. The predicted molar refractivity (Wildman–Crippen MR) is 148 cm³/mol. The van der Waals surface area contributed by atoms with Crippen molar-refractivity contribution in [2.24, 2.45) is 40.4 Å². The van der Waals surface area contributed by atoms with Gasteiger partial charge >= 0.3 is 5.97 Å². The highest BCUT2D eigenvalue weighted by Gasteiger charge is 2.87. The van der Waals surface area contributed by atoms with Gasteiger partial charge in [-0.25, -0.2) is 4.79 Å². The van der Waals surface area contributed by atoms with Crippen LogP contribution in [-0.2, 0) is 28.5 Å². The maximum atomic E-state index is 14.5. The second-order valence-corrected chi connectivity index (χ2v) is 13.5. The minimum atomic E-state index is -1.70. The summed E-state index contributed by atoms with van der Waals surface area (Å²) in [5, 5.41) is 24.4. The number of aliphatic hydroxyl groups is 2. The van der Waals surface area contributed by atoms with Crippen LogP contribution in [0.5, 0.6) is 0 Å². The van der Waals surface area contributed by atoms with Gasteiger partial charge in [-0.2, -0.15) is 0 Å². The number of Topliss-reactive ketones (excluding diaryl/α,β-unsaturated/α-hetero) is 1. The third-order valence-corrected chi connectivity index (χ3v) is 12.5. The summed E-state index contributed by atoms with van der Waals surface area (Å²) in [5.41, 5.74) is -2.56. The van der Waals surface area contributed by atoms with Crippen molar-refractivity contribution >= 4 is 11.8 Å². The lowest BCUT2D eigenvalue weighted by Gasteiger charge is -2.69. The molecule has 10 nitrogen and oxygen atoms in total. The lowest BCUT2D eigenvalue weighted by molar-refractivity contribution is -0.280. The number of fused-ring (bicyclic) bond motifs is 2. The molecule has 7 bridgehead atoms. The Bertz CT molecular complexity index is 1250. The van der Waals surface area contributed by atoms with Crippen molar-refractivity contribution in [1.29, 1.82) is 0 Å². The molecule has 0 amide bonds. The van der Waals surface area contributed by atoms with Crippen LogP contribution < -0.4 is 0 Å². The number of ketones is 1. The Kier molecular flexibility index (Phi) is 6.72. The molecular formula is C32H43NO9. The Morgan fingerprint density at radius 3 is 2.43 bits per heavy atom. The molecule has 5 aliphatic carbocycles. The van der Waals surface area contributed by atoms with Crippen LogP contribution in [0.2, 0.25) is 0 Å². The maximum absolute atomic E-state index is 14.5. The fourth-order valence-corrected chi connectivity index (χ4v) is 11.7. The molecule has 0 aromatic heterocycles. The molecule has 1 aliphatic heterocycles. The Labute approximate surface area is 246 Å². The highest BCUT2D eigenvalue weighted by atomic mass is 16.6. The second kappa shape index (κ2) is 9.79. The van der Waals surface area contributed by atoms with Crippen LogP contribution in [0.25, 0.3) is 0 Å². The van der Waals surface area contributed by atoms with Gasteiger partial charge in [0.25, 0.3) is 0 Å². The minimum Gasteiger partial charge on any atom is -0.455 e. The standard InChI is InChI=1S/C32H43NO9/c1-6-33-14-30(15-38-2)18(34)12-19(39-3)32-17-13-31(37)27(42-29(36)16-10-8-7-9-11-16)20(17)21(23(35)28(31)41-5)22(26(32)33)24(40-4)25(30)32/h7-11,17-22,24-28,34,37H,6,12-15H2,1-5H3/t17-,18+,19?,20-,21-,22?,24-,25+,26?,27+,28+,30-,31+,32?/m0/s1. The molecule has 5 saturated carbocycles. The average Bonchev–Trinajstić information content (AvgIpc) is 3.33. The number of hydrogen-bond acceptors (Lipinski definition) is 10. The summed E-state index contributed by atoms with van der Waals surface area (Å²) in [4.78, 5) is 30.4. The summed E-state index contributed by atoms with van der Waals surface area (Å²) in [6, 6.07) is 8.65. The molecule has 1 spiro atoms. The van der Waals surface area contributed by atoms with Crippen LogP contribution in [0.3, 0.4) is 0 Å². The first-order valence-corrected chi connectivity index (χ1v) is 15.2. The zero-order chi connectivity index (χ0) is 29.8. The van der Waals surface area contributed by atoms with Gasteiger partial charge in [-0.1, -0.05) is 25.1 Å². The zero-order valence-electron chi connectivity index (χ0n) is 25.0. The zero-order valence-corrected chi connectivity index (χ0v) is 25.0. The molecule has 42 heavy (non-hydrogen) atoms. The average molecular weight is 586 g/mol. The molecule has 14 atom stereocenters. The van der Waals surface area contributed by atoms with E-state index >= 15 is 0 Å². The summed E-state index contributed by atoms with van der Waals surface area (Å²) in [6.45, 7) is 3.77. The minimum absolute atomic E-state index is 0.0847. The monoisotopic (exact) mass is 585 g/mol. The largest absolute Gasteiger partial charge is 0.455 e. The highest BCUT2D eigenvalue weighted by molar-refractivity contribution is 5.92. The fraction of sp³-hybridized carbons (Fsp3) is 0.750. The van der Waals surface area contributed by atoms with E-state index in [4.69, 9.17) is 23.7 Å². The molecule has 6 fully saturated rings. The second-order valence-electron chi connectivity index (χ2n) is 13.5. The van der Waals surface area contributed by atoms with E-state index in [-0.39, 0.29) is 48.2 Å². The van der Waals surface area contributed by atoms with Gasteiger partial charge in [-0.3, -0.25) is 9.69 Å². The van der Waals surface area contributed by atoms with Crippen molar-refractivity contribution in [1.82, 2.24) is 4.90 Å². The number of aliphatic hydroxyl groups excluding tert-OH is 1. The quantitative estimate of drug-likeness (QED) is 0.430. The van der Waals surface area contributed by atoms with E-state index in [2.05, 4.69) is 11.8 Å². The van der Waals surface area contributed by atoms with Crippen LogP contribution >= 0.6 is 0 Å². The van der Waals surface area contributed by atoms with Crippen LogP contribution in [0, 0.1) is 40.4 Å². The molecule has 1 aromatic rings. The Hall–Kier alpha value is -1.92. The van der Waals surface area contributed by atoms with Gasteiger partial charge in [0.2, 0.25) is 0 Å². The third kappa shape index (κ3) is 3.19. The van der Waals surface area contributed by atoms with Crippen molar-refractivity contribution in [3.63, 3.8) is 0 Å². The number of carbonyl (C=O) groups is 2. The Morgan fingerprint density at radius 2 is 1.81 bits per heavy atom. The molecule has 1 heterocycles. The van der Waals surface area contributed by atoms with Crippen molar-refractivity contribution < 1.29 is 43.5 Å². The van der Waals surface area contributed by atoms with Gasteiger partial charge in [-0.15, -0.1) is 0 Å². The van der Waals surface area contributed by atoms with E-state index in [1.165, 1.54) is 7.11 Å². The van der Waals surface area contributed by atoms with E-state index in [9.17, 15) is 19.8 Å². The van der Waals surface area contributed by atoms with E-state index in [1.54, 1.807) is 45.6 Å². The lowest BCUT2D eigenvalue weighted by atomic mass is 9.43. The summed E-state index contributed by atoms with van der Waals surface area (Å²) < 4.78 is 30.6. The van der Waals surface area contributed by atoms with Crippen LogP contribution in [0.4, 0.5) is 0 Å². The number of rotatable bonds is 8. The SMILES string of the molecule is CCN1C[C@]2(COC)[C@H](O)CC(OC)C34C1C([C@H]1C(=O)[C@@H](OC)[C@@]5(O)C[C@H]3[C@@H]1[C@H]5OC(=O)c1ccccc1)[C@H](OC)[C@@H]42. The van der Waals surface area contributed by atoms with Crippen LogP contribution in [-0.4, -0.2) is 117 Å². The number of carbonyl (C=O) groups excluding carboxylic acids is 2. The lowest BCUT2D eigenvalue weighted by Crippen LogP contribution is -2.77. The number of methoxy groups -OCH3 is 4. The summed E-state index contributed by atoms with van der Waals surface area (Å²) in [7, 11) is 6.49. The number of hydrogen-bond donors (Lipinski definition) is 2. The smallest absolute Gasteiger partial charge is 0.338 e. The molecule has 230 valence electrons. The molecule has 10 heteroatoms. The molecule has 7 rings (SSSR count). The molecule has 0 radical (unpaired) electrons. The first kappa shape index (κ1) is 28.8. The van der Waals surface area contributed by atoms with Gasteiger partial charge in [0.05, 0.1) is 30.5 Å². The normalized spacial score (nSPS) is 50.2. The first-order valence-electron chi connectivity index (χ1n) is 15.2. The third-order valence-electron chi connectivity index (χ3n) is 12.5. The van der Waals surface area contributed by atoms with Crippen molar-refractivity contribution in [3.8, 4) is 0 Å². The van der Waals surface area contributed by atoms with Crippen molar-refractivity contribution in [2.75, 3.05) is 48.1 Å². The Balaban J connectivity index is 1.45. The number of ether oxygens (including phenoxy) is 5. The number of piperidine rings is 1. The molecule has 2 N–H and O–H groups in total. The van der Waals surface area contributed by atoms with Gasteiger partial charge in [0, 0.05) is 81.9 Å². The molecule has 6 aliphatic rings. The van der Waals surface area contributed by atoms with Crippen molar-refractivity contribution in [3.05, 3.63) is 35.9 Å². The van der Waals surface area contributed by atoms with E-state index in [1.807, 2.05) is 6.07 Å². The summed E-state index contributed by atoms with van der Waals surface area (Å²) >= 11 is 0. The summed E-state index contributed by atoms with van der Waals surface area (Å²) in [6.07, 6.45) is -2.90. The molecular weight excluding hydrogens is 542 g/mol. The Morgan fingerprint density at radius 1 is 1.07 bits per heavy atom. The molecule has 1 aromatic carbocycles. The maximum Gasteiger partial charge on any atom is 0.338 e. The van der Waals surface area contributed by atoms with E-state index in [0.29, 0.717) is 31.7 Å². The van der Waals surface area contributed by atoms with Gasteiger partial charge in [0.15, 0.2) is 5.78 Å². The van der Waals surface area contributed by atoms with Crippen molar-refractivity contribution in [2.45, 2.75) is 61.9 Å². The predicted octanol–water partition coefficient (Wildman–Crippen LogP) is 1.17. The first-order chi connectivity index (χ1) is 20.2. The molecule has 4 unspecified atom stereocenters. The van der Waals surface area contributed by atoms with E-state index < -0.39 is 52.5 Å². The number of benzene rings is 1. The number of esters is 1. The topological polar surface area (TPSA) is 124 Å². The fourth-order valence-electron chi connectivity index (χ4n) is 11.7. The molecule has 1 saturated heterocycles. The van der Waals surface area contributed by atoms with Gasteiger partial charge in [0.1, 0.15) is 17.8 Å². The summed E-state index contributed by atoms with van der Waals surface area (Å²) in [5.74, 6) is -2.42. The van der Waals surface area contributed by atoms with Gasteiger partial charge < -0.3 is 33.9 Å². The van der Waals surface area contributed by atoms with Gasteiger partial charge in [-0.05, 0) is 31.0 Å². The van der Waals surface area contributed by atoms with E-state index in [0.717, 1.165) is 0 Å². The van der Waals surface area contributed by atoms with Crippen LogP contribution in [0.15, 0.2) is 30.3 Å². The highest BCUT2D eigenvalue weighted by Crippen LogP contribution is 2.78. The number of nitrogens with zero attached hydrogens (tertiary/aromatic N) is 1. The van der Waals surface area contributed by atoms with Crippen LogP contribution in [0.1, 0.15) is 30.1 Å².